The van der Waals surface area contributed by atoms with Gasteiger partial charge < -0.3 is 14.8 Å². The van der Waals surface area contributed by atoms with E-state index in [1.165, 1.54) is 0 Å². The van der Waals surface area contributed by atoms with Crippen LogP contribution < -0.4 is 14.8 Å². The minimum absolute atomic E-state index is 0.0917. The number of carbonyl (C=O) groups is 1. The average molecular weight is 341 g/mol. The molecule has 0 aliphatic heterocycles. The largest absolute Gasteiger partial charge is 0.493 e. The normalized spacial score (nSPS) is 10.6. The highest BCUT2D eigenvalue weighted by Crippen LogP contribution is 2.24. The van der Waals surface area contributed by atoms with Gasteiger partial charge in [0.1, 0.15) is 18.1 Å². The molecule has 25 heavy (non-hydrogen) atoms. The number of hydrogen-bond donors (Lipinski definition) is 1. The Kier molecular flexibility index (Phi) is 6.45. The maximum absolute atomic E-state index is 12.2. The van der Waals surface area contributed by atoms with Crippen molar-refractivity contribution in [2.45, 2.75) is 47.3 Å². The second-order valence-electron chi connectivity index (χ2n) is 6.50. The van der Waals surface area contributed by atoms with E-state index in [0.717, 1.165) is 28.2 Å². The van der Waals surface area contributed by atoms with Crippen molar-refractivity contribution >= 4 is 5.91 Å². The minimum Gasteiger partial charge on any atom is -0.493 e. The number of carbonyl (C=O) groups excluding carboxylic acids is 1. The first-order chi connectivity index (χ1) is 11.9. The molecule has 0 heterocycles. The van der Waals surface area contributed by atoms with Gasteiger partial charge in [0.05, 0.1) is 6.61 Å². The Labute approximate surface area is 150 Å². The zero-order valence-corrected chi connectivity index (χ0v) is 15.7. The van der Waals surface area contributed by atoms with Gasteiger partial charge in [-0.3, -0.25) is 4.79 Å². The number of rotatable bonds is 7. The lowest BCUT2D eigenvalue weighted by Crippen LogP contribution is -2.30. The highest BCUT2D eigenvalue weighted by Gasteiger charge is 2.12. The summed E-state index contributed by atoms with van der Waals surface area (Å²) in [6.45, 7) is 10.8. The van der Waals surface area contributed by atoms with Crippen molar-refractivity contribution in [2.75, 3.05) is 6.61 Å². The standard InChI is InChI=1S/C21H27NO3/c1-6-24-20-8-7-17(21(23)22-14(2)3)12-18(20)13-25-19-10-15(4)9-16(5)11-19/h7-12,14H,6,13H2,1-5H3,(H,22,23). The van der Waals surface area contributed by atoms with Crippen molar-refractivity contribution in [1.29, 1.82) is 0 Å². The lowest BCUT2D eigenvalue weighted by molar-refractivity contribution is 0.0943. The molecule has 2 aromatic carbocycles. The molecule has 2 rings (SSSR count). The molecule has 4 nitrogen and oxygen atoms in total. The van der Waals surface area contributed by atoms with Crippen LogP contribution in [-0.4, -0.2) is 18.6 Å². The van der Waals surface area contributed by atoms with Gasteiger partial charge in [-0.25, -0.2) is 0 Å². The highest BCUT2D eigenvalue weighted by molar-refractivity contribution is 5.94. The van der Waals surface area contributed by atoms with Gasteiger partial charge in [-0.05, 0) is 76.1 Å². The molecule has 0 saturated heterocycles. The smallest absolute Gasteiger partial charge is 0.251 e. The summed E-state index contributed by atoms with van der Waals surface area (Å²) in [4.78, 5) is 12.2. The van der Waals surface area contributed by atoms with E-state index in [9.17, 15) is 4.79 Å². The summed E-state index contributed by atoms with van der Waals surface area (Å²) in [5.74, 6) is 1.47. The van der Waals surface area contributed by atoms with Gasteiger partial charge in [-0.1, -0.05) is 6.07 Å². The van der Waals surface area contributed by atoms with Crippen LogP contribution in [0.4, 0.5) is 0 Å². The molecule has 0 unspecified atom stereocenters. The van der Waals surface area contributed by atoms with Crippen molar-refractivity contribution in [2.24, 2.45) is 0 Å². The van der Waals surface area contributed by atoms with Gasteiger partial charge in [0.2, 0.25) is 0 Å². The topological polar surface area (TPSA) is 47.6 Å². The molecule has 0 fully saturated rings. The van der Waals surface area contributed by atoms with Crippen LogP contribution >= 0.6 is 0 Å². The van der Waals surface area contributed by atoms with E-state index in [1.54, 1.807) is 6.07 Å². The molecule has 1 amide bonds. The maximum atomic E-state index is 12.2. The van der Waals surface area contributed by atoms with Crippen LogP contribution in [0, 0.1) is 13.8 Å². The fraction of sp³-hybridized carbons (Fsp3) is 0.381. The van der Waals surface area contributed by atoms with E-state index in [2.05, 4.69) is 11.4 Å². The number of aryl methyl sites for hydroxylation is 2. The Bertz CT molecular complexity index is 718. The van der Waals surface area contributed by atoms with Gasteiger partial charge >= 0.3 is 0 Å². The van der Waals surface area contributed by atoms with E-state index in [4.69, 9.17) is 9.47 Å². The zero-order chi connectivity index (χ0) is 18.4. The number of hydrogen-bond acceptors (Lipinski definition) is 3. The number of amides is 1. The Morgan fingerprint density at radius 1 is 1.04 bits per heavy atom. The van der Waals surface area contributed by atoms with Gasteiger partial charge in [0.25, 0.3) is 5.91 Å². The maximum Gasteiger partial charge on any atom is 0.251 e. The Morgan fingerprint density at radius 2 is 1.72 bits per heavy atom. The third-order valence-corrected chi connectivity index (χ3v) is 3.63. The fourth-order valence-corrected chi connectivity index (χ4v) is 2.65. The van der Waals surface area contributed by atoms with Crippen LogP contribution in [0.3, 0.4) is 0 Å². The second kappa shape index (κ2) is 8.56. The highest BCUT2D eigenvalue weighted by atomic mass is 16.5. The summed E-state index contributed by atoms with van der Waals surface area (Å²) >= 11 is 0. The SMILES string of the molecule is CCOc1ccc(C(=O)NC(C)C)cc1COc1cc(C)cc(C)c1. The molecule has 134 valence electrons. The molecule has 0 saturated carbocycles. The first kappa shape index (κ1) is 18.8. The van der Waals surface area contributed by atoms with E-state index in [1.807, 2.05) is 58.9 Å². The van der Waals surface area contributed by atoms with Gasteiger partial charge in [-0.15, -0.1) is 0 Å². The van der Waals surface area contributed by atoms with Gasteiger partial charge in [0, 0.05) is 17.2 Å². The molecule has 0 radical (unpaired) electrons. The zero-order valence-electron chi connectivity index (χ0n) is 15.7. The summed E-state index contributed by atoms with van der Waals surface area (Å²) in [5, 5.41) is 2.91. The summed E-state index contributed by atoms with van der Waals surface area (Å²) in [6, 6.07) is 11.7. The summed E-state index contributed by atoms with van der Waals surface area (Å²) in [5.41, 5.74) is 3.78. The third-order valence-electron chi connectivity index (χ3n) is 3.63. The molecule has 0 spiro atoms. The predicted octanol–water partition coefficient (Wildman–Crippen LogP) is 4.42. The van der Waals surface area contributed by atoms with E-state index in [-0.39, 0.29) is 11.9 Å². The van der Waals surface area contributed by atoms with E-state index < -0.39 is 0 Å². The number of nitrogens with one attached hydrogen (secondary N) is 1. The van der Waals surface area contributed by atoms with E-state index >= 15 is 0 Å². The van der Waals surface area contributed by atoms with Crippen molar-refractivity contribution in [3.63, 3.8) is 0 Å². The van der Waals surface area contributed by atoms with Crippen LogP contribution in [-0.2, 0) is 6.61 Å². The molecule has 0 aliphatic rings. The quantitative estimate of drug-likeness (QED) is 0.811. The molecule has 4 heteroatoms. The monoisotopic (exact) mass is 341 g/mol. The summed E-state index contributed by atoms with van der Waals surface area (Å²) in [6.07, 6.45) is 0. The van der Waals surface area contributed by atoms with Crippen LogP contribution in [0.1, 0.15) is 47.8 Å². The summed E-state index contributed by atoms with van der Waals surface area (Å²) < 4.78 is 11.6. The molecule has 0 aromatic heterocycles. The molecule has 0 aliphatic carbocycles. The Morgan fingerprint density at radius 3 is 2.32 bits per heavy atom. The van der Waals surface area contributed by atoms with E-state index in [0.29, 0.717) is 18.8 Å². The van der Waals surface area contributed by atoms with Gasteiger partial charge in [0.15, 0.2) is 0 Å². The Hall–Kier alpha value is -2.49. The number of ether oxygens (including phenoxy) is 2. The van der Waals surface area contributed by atoms with Crippen LogP contribution in [0.15, 0.2) is 36.4 Å². The lowest BCUT2D eigenvalue weighted by Gasteiger charge is -2.15. The lowest BCUT2D eigenvalue weighted by atomic mass is 10.1. The van der Waals surface area contributed by atoms with Crippen molar-refractivity contribution < 1.29 is 14.3 Å². The molecule has 0 atom stereocenters. The first-order valence-electron chi connectivity index (χ1n) is 8.66. The number of benzene rings is 2. The van der Waals surface area contributed by atoms with Crippen molar-refractivity contribution in [3.05, 3.63) is 58.7 Å². The van der Waals surface area contributed by atoms with Crippen LogP contribution in [0.2, 0.25) is 0 Å². The summed E-state index contributed by atoms with van der Waals surface area (Å²) in [7, 11) is 0. The molecular formula is C21H27NO3. The minimum atomic E-state index is -0.0919. The van der Waals surface area contributed by atoms with Crippen LogP contribution in [0.5, 0.6) is 11.5 Å². The fourth-order valence-electron chi connectivity index (χ4n) is 2.65. The molecule has 0 bridgehead atoms. The van der Waals surface area contributed by atoms with Gasteiger partial charge in [-0.2, -0.15) is 0 Å². The third kappa shape index (κ3) is 5.52. The average Bonchev–Trinajstić information content (AvgIpc) is 2.52. The predicted molar refractivity (Wildman–Crippen MR) is 100 cm³/mol. The Balaban J connectivity index is 2.22. The molecule has 1 N–H and O–H groups in total. The van der Waals surface area contributed by atoms with Crippen molar-refractivity contribution in [1.82, 2.24) is 5.32 Å². The molecule has 2 aromatic rings. The van der Waals surface area contributed by atoms with Crippen molar-refractivity contribution in [3.8, 4) is 11.5 Å². The molecular weight excluding hydrogens is 314 g/mol. The first-order valence-corrected chi connectivity index (χ1v) is 8.66. The second-order valence-corrected chi connectivity index (χ2v) is 6.50. The van der Waals surface area contributed by atoms with Crippen LogP contribution in [0.25, 0.3) is 0 Å².